The van der Waals surface area contributed by atoms with Gasteiger partial charge in [-0.15, -0.1) is 0 Å². The Balaban J connectivity index is 2.35. The summed E-state index contributed by atoms with van der Waals surface area (Å²) in [5.41, 5.74) is 2.00. The summed E-state index contributed by atoms with van der Waals surface area (Å²) < 4.78 is 1.93. The first-order chi connectivity index (χ1) is 8.76. The van der Waals surface area contributed by atoms with Crippen molar-refractivity contribution in [2.45, 2.75) is 33.2 Å². The first-order valence-corrected chi connectivity index (χ1v) is 6.35. The van der Waals surface area contributed by atoms with Crippen LogP contribution in [0, 0.1) is 0 Å². The van der Waals surface area contributed by atoms with E-state index in [2.05, 4.69) is 34.2 Å². The molecule has 0 bridgehead atoms. The van der Waals surface area contributed by atoms with E-state index in [1.54, 1.807) is 0 Å². The largest absolute Gasteiger partial charge is 0.373 e. The predicted octanol–water partition coefficient (Wildman–Crippen LogP) is 2.35. The summed E-state index contributed by atoms with van der Waals surface area (Å²) >= 11 is 0. The van der Waals surface area contributed by atoms with Gasteiger partial charge in [0.1, 0.15) is 5.82 Å². The Bertz CT molecular complexity index is 496. The highest BCUT2D eigenvalue weighted by Crippen LogP contribution is 2.17. The van der Waals surface area contributed by atoms with Crippen LogP contribution in [0.25, 0.3) is 11.4 Å². The van der Waals surface area contributed by atoms with Crippen LogP contribution in [-0.4, -0.2) is 26.8 Å². The Morgan fingerprint density at radius 1 is 1.28 bits per heavy atom. The number of hydrogen-bond donors (Lipinski definition) is 1. The van der Waals surface area contributed by atoms with Gasteiger partial charge < -0.3 is 5.32 Å². The van der Waals surface area contributed by atoms with Gasteiger partial charge in [-0.05, 0) is 12.8 Å². The minimum Gasteiger partial charge on any atom is -0.373 e. The molecule has 2 rings (SSSR count). The van der Waals surface area contributed by atoms with Crippen molar-refractivity contribution in [3.63, 3.8) is 0 Å². The number of nitrogens with one attached hydrogen (secondary N) is 1. The lowest BCUT2D eigenvalue weighted by molar-refractivity contribution is 0.603. The molecule has 2 heterocycles. The van der Waals surface area contributed by atoms with Crippen LogP contribution in [0.4, 0.5) is 5.82 Å². The fourth-order valence-corrected chi connectivity index (χ4v) is 1.77. The quantitative estimate of drug-likeness (QED) is 0.878. The van der Waals surface area contributed by atoms with Crippen LogP contribution in [-0.2, 0) is 13.0 Å². The molecule has 0 unspecified atom stereocenters. The summed E-state index contributed by atoms with van der Waals surface area (Å²) in [5, 5.41) is 7.38. The zero-order valence-electron chi connectivity index (χ0n) is 11.1. The molecule has 5 nitrogen and oxygen atoms in total. The van der Waals surface area contributed by atoms with Gasteiger partial charge >= 0.3 is 0 Å². The number of anilines is 1. The SMILES string of the molecule is CCCn1cc(-c2nc(CC)cc(NC)n2)cn1. The molecule has 0 aliphatic rings. The van der Waals surface area contributed by atoms with Crippen LogP contribution in [0.1, 0.15) is 26.0 Å². The highest BCUT2D eigenvalue weighted by Gasteiger charge is 2.07. The van der Waals surface area contributed by atoms with Crippen LogP contribution >= 0.6 is 0 Å². The van der Waals surface area contributed by atoms with Crippen molar-refractivity contribution in [2.24, 2.45) is 0 Å². The Morgan fingerprint density at radius 2 is 2.11 bits per heavy atom. The van der Waals surface area contributed by atoms with E-state index in [9.17, 15) is 0 Å². The van der Waals surface area contributed by atoms with Crippen molar-refractivity contribution in [3.8, 4) is 11.4 Å². The maximum Gasteiger partial charge on any atom is 0.164 e. The first-order valence-electron chi connectivity index (χ1n) is 6.35. The Kier molecular flexibility index (Phi) is 3.92. The number of hydrogen-bond acceptors (Lipinski definition) is 4. The molecule has 0 saturated heterocycles. The molecule has 0 aromatic carbocycles. The average molecular weight is 245 g/mol. The fourth-order valence-electron chi connectivity index (χ4n) is 1.77. The van der Waals surface area contributed by atoms with E-state index in [1.165, 1.54) is 0 Å². The molecule has 0 saturated carbocycles. The van der Waals surface area contributed by atoms with E-state index in [1.807, 2.05) is 30.2 Å². The van der Waals surface area contributed by atoms with Gasteiger partial charge in [-0.25, -0.2) is 9.97 Å². The molecular formula is C13H19N5. The molecule has 18 heavy (non-hydrogen) atoms. The van der Waals surface area contributed by atoms with E-state index in [4.69, 9.17) is 0 Å². The third kappa shape index (κ3) is 2.67. The molecule has 0 fully saturated rings. The smallest absolute Gasteiger partial charge is 0.164 e. The van der Waals surface area contributed by atoms with Crippen LogP contribution in [0.15, 0.2) is 18.5 Å². The summed E-state index contributed by atoms with van der Waals surface area (Å²) in [6.45, 7) is 5.15. The van der Waals surface area contributed by atoms with Gasteiger partial charge in [-0.2, -0.15) is 5.10 Å². The van der Waals surface area contributed by atoms with E-state index < -0.39 is 0 Å². The second kappa shape index (κ2) is 5.62. The van der Waals surface area contributed by atoms with E-state index in [-0.39, 0.29) is 0 Å². The van der Waals surface area contributed by atoms with Gasteiger partial charge in [-0.1, -0.05) is 13.8 Å². The lowest BCUT2D eigenvalue weighted by Gasteiger charge is -2.05. The predicted molar refractivity (Wildman–Crippen MR) is 72.5 cm³/mol. The first kappa shape index (κ1) is 12.5. The lowest BCUT2D eigenvalue weighted by atomic mass is 10.2. The fraction of sp³-hybridized carbons (Fsp3) is 0.462. The second-order valence-corrected chi connectivity index (χ2v) is 4.16. The van der Waals surface area contributed by atoms with Gasteiger partial charge in [-0.3, -0.25) is 4.68 Å². The van der Waals surface area contributed by atoms with Crippen molar-refractivity contribution in [3.05, 3.63) is 24.2 Å². The third-order valence-corrected chi connectivity index (χ3v) is 2.74. The number of rotatable bonds is 5. The molecule has 5 heteroatoms. The highest BCUT2D eigenvalue weighted by atomic mass is 15.3. The lowest BCUT2D eigenvalue weighted by Crippen LogP contribution is -2.00. The molecule has 0 spiro atoms. The van der Waals surface area contributed by atoms with Crippen LogP contribution < -0.4 is 5.32 Å². The normalized spacial score (nSPS) is 10.6. The van der Waals surface area contributed by atoms with Crippen molar-refractivity contribution in [1.82, 2.24) is 19.7 Å². The molecule has 0 radical (unpaired) electrons. The maximum atomic E-state index is 4.54. The summed E-state index contributed by atoms with van der Waals surface area (Å²) in [4.78, 5) is 9.01. The Hall–Kier alpha value is -1.91. The molecule has 0 amide bonds. The number of nitrogens with zero attached hydrogens (tertiary/aromatic N) is 4. The molecule has 0 aliphatic carbocycles. The minimum atomic E-state index is 0.737. The summed E-state index contributed by atoms with van der Waals surface area (Å²) in [6.07, 6.45) is 5.79. The molecule has 2 aromatic rings. The summed E-state index contributed by atoms with van der Waals surface area (Å²) in [6, 6.07) is 1.97. The summed E-state index contributed by atoms with van der Waals surface area (Å²) in [5.74, 6) is 1.58. The third-order valence-electron chi connectivity index (χ3n) is 2.74. The number of aryl methyl sites for hydroxylation is 2. The van der Waals surface area contributed by atoms with Crippen LogP contribution in [0.3, 0.4) is 0 Å². The van der Waals surface area contributed by atoms with Crippen molar-refractivity contribution >= 4 is 5.82 Å². The molecule has 96 valence electrons. The minimum absolute atomic E-state index is 0.737. The van der Waals surface area contributed by atoms with Gasteiger partial charge in [0, 0.05) is 31.5 Å². The van der Waals surface area contributed by atoms with Gasteiger partial charge in [0.2, 0.25) is 0 Å². The molecule has 0 aliphatic heterocycles. The number of aromatic nitrogens is 4. The van der Waals surface area contributed by atoms with Crippen molar-refractivity contribution in [1.29, 1.82) is 0 Å². The highest BCUT2D eigenvalue weighted by molar-refractivity contribution is 5.55. The molecule has 2 aromatic heterocycles. The van der Waals surface area contributed by atoms with Crippen LogP contribution in [0.5, 0.6) is 0 Å². The van der Waals surface area contributed by atoms with E-state index >= 15 is 0 Å². The maximum absolute atomic E-state index is 4.54. The monoisotopic (exact) mass is 245 g/mol. The van der Waals surface area contributed by atoms with Gasteiger partial charge in [0.05, 0.1) is 11.8 Å². The van der Waals surface area contributed by atoms with E-state index in [0.717, 1.165) is 42.3 Å². The summed E-state index contributed by atoms with van der Waals surface area (Å²) in [7, 11) is 1.87. The van der Waals surface area contributed by atoms with Gasteiger partial charge in [0.15, 0.2) is 5.82 Å². The zero-order chi connectivity index (χ0) is 13.0. The zero-order valence-corrected chi connectivity index (χ0v) is 11.1. The Labute approximate surface area is 107 Å². The van der Waals surface area contributed by atoms with Crippen molar-refractivity contribution in [2.75, 3.05) is 12.4 Å². The van der Waals surface area contributed by atoms with Crippen LogP contribution in [0.2, 0.25) is 0 Å². The Morgan fingerprint density at radius 3 is 2.78 bits per heavy atom. The van der Waals surface area contributed by atoms with Gasteiger partial charge in [0.25, 0.3) is 0 Å². The topological polar surface area (TPSA) is 55.6 Å². The second-order valence-electron chi connectivity index (χ2n) is 4.16. The average Bonchev–Trinajstić information content (AvgIpc) is 2.87. The van der Waals surface area contributed by atoms with Crippen molar-refractivity contribution < 1.29 is 0 Å². The molecular weight excluding hydrogens is 226 g/mol. The molecule has 0 atom stereocenters. The molecule has 1 N–H and O–H groups in total. The van der Waals surface area contributed by atoms with E-state index in [0.29, 0.717) is 0 Å². The standard InChI is InChI=1S/C13H19N5/c1-4-6-18-9-10(8-15-18)13-16-11(5-2)7-12(14-3)17-13/h7-9H,4-6H2,1-3H3,(H,14,16,17).